The van der Waals surface area contributed by atoms with Gasteiger partial charge in [-0.25, -0.2) is 0 Å². The van der Waals surface area contributed by atoms with Crippen LogP contribution in [0.15, 0.2) is 42.5 Å². The van der Waals surface area contributed by atoms with Crippen LogP contribution in [-0.4, -0.2) is 6.10 Å². The number of nitrogens with two attached hydrogens (primary N) is 1. The van der Waals surface area contributed by atoms with E-state index in [1.54, 1.807) is 0 Å². The van der Waals surface area contributed by atoms with E-state index in [4.69, 9.17) is 10.5 Å². The van der Waals surface area contributed by atoms with Gasteiger partial charge in [-0.1, -0.05) is 31.5 Å². The summed E-state index contributed by atoms with van der Waals surface area (Å²) in [5.74, 6) is 0.792. The van der Waals surface area contributed by atoms with Gasteiger partial charge in [-0.15, -0.1) is 0 Å². The third-order valence-corrected chi connectivity index (χ3v) is 3.12. The lowest BCUT2D eigenvalue weighted by molar-refractivity contribution is 0.242. The van der Waals surface area contributed by atoms with Gasteiger partial charge < -0.3 is 15.8 Å². The summed E-state index contributed by atoms with van der Waals surface area (Å²) in [6, 6.07) is 14.1. The molecule has 0 bridgehead atoms. The van der Waals surface area contributed by atoms with E-state index in [0.29, 0.717) is 5.69 Å². The minimum absolute atomic E-state index is 0.132. The zero-order valence-corrected chi connectivity index (χ0v) is 13.0. The van der Waals surface area contributed by atoms with Crippen molar-refractivity contribution in [2.24, 2.45) is 0 Å². The second kappa shape index (κ2) is 7.02. The summed E-state index contributed by atoms with van der Waals surface area (Å²) < 4.78 is 5.73. The van der Waals surface area contributed by atoms with Gasteiger partial charge in [-0.2, -0.15) is 0 Å². The van der Waals surface area contributed by atoms with Crippen LogP contribution in [0.5, 0.6) is 5.75 Å². The maximum Gasteiger partial charge on any atom is 0.123 e. The van der Waals surface area contributed by atoms with Crippen molar-refractivity contribution in [2.45, 2.75) is 39.7 Å². The van der Waals surface area contributed by atoms with Crippen LogP contribution >= 0.6 is 0 Å². The quantitative estimate of drug-likeness (QED) is 0.752. The molecule has 0 aliphatic carbocycles. The Labute approximate surface area is 127 Å². The fourth-order valence-corrected chi connectivity index (χ4v) is 2.32. The van der Waals surface area contributed by atoms with Crippen LogP contribution < -0.4 is 15.8 Å². The molecule has 112 valence electrons. The molecule has 0 aromatic heterocycles. The summed E-state index contributed by atoms with van der Waals surface area (Å²) in [5.41, 5.74) is 10.1. The van der Waals surface area contributed by atoms with Crippen molar-refractivity contribution in [3.8, 4) is 5.75 Å². The van der Waals surface area contributed by atoms with Crippen molar-refractivity contribution in [3.63, 3.8) is 0 Å². The minimum Gasteiger partial charge on any atom is -0.491 e. The van der Waals surface area contributed by atoms with E-state index >= 15 is 0 Å². The molecule has 0 saturated carbocycles. The summed E-state index contributed by atoms with van der Waals surface area (Å²) in [7, 11) is 0. The van der Waals surface area contributed by atoms with Gasteiger partial charge >= 0.3 is 0 Å². The molecule has 2 aromatic rings. The summed E-state index contributed by atoms with van der Waals surface area (Å²) >= 11 is 0. The molecule has 0 aliphatic rings. The fourth-order valence-electron chi connectivity index (χ4n) is 2.32. The zero-order valence-electron chi connectivity index (χ0n) is 13.0. The predicted octanol–water partition coefficient (Wildman–Crippen LogP) is 4.75. The van der Waals surface area contributed by atoms with Crippen molar-refractivity contribution < 1.29 is 4.74 Å². The normalized spacial score (nSPS) is 10.7. The molecule has 0 spiro atoms. The van der Waals surface area contributed by atoms with E-state index in [9.17, 15) is 0 Å². The molecule has 0 unspecified atom stereocenters. The third kappa shape index (κ3) is 4.42. The summed E-state index contributed by atoms with van der Waals surface area (Å²) in [6.07, 6.45) is 2.31. The van der Waals surface area contributed by atoms with Crippen molar-refractivity contribution in [1.29, 1.82) is 0 Å². The number of hydrogen-bond acceptors (Lipinski definition) is 3. The Balaban J connectivity index is 2.25. The second-order valence-electron chi connectivity index (χ2n) is 5.49. The van der Waals surface area contributed by atoms with Crippen LogP contribution in [0.4, 0.5) is 17.1 Å². The molecule has 3 heteroatoms. The highest BCUT2D eigenvalue weighted by Gasteiger charge is 2.05. The van der Waals surface area contributed by atoms with Gasteiger partial charge in [0.05, 0.1) is 6.10 Å². The van der Waals surface area contributed by atoms with Crippen LogP contribution in [0, 0.1) is 0 Å². The molecule has 0 amide bonds. The maximum absolute atomic E-state index is 5.97. The van der Waals surface area contributed by atoms with Gasteiger partial charge in [0, 0.05) is 29.2 Å². The number of para-hydroxylation sites is 1. The standard InChI is InChI=1S/C18H24N2O/c1-4-7-14-8-5-6-9-18(14)20-16-10-15(19)11-17(12-16)21-13(2)3/h5-6,8-13,20H,4,7,19H2,1-3H3. The van der Waals surface area contributed by atoms with Crippen LogP contribution in [0.1, 0.15) is 32.8 Å². The highest BCUT2D eigenvalue weighted by molar-refractivity contribution is 5.68. The number of nitrogen functional groups attached to an aromatic ring is 1. The lowest BCUT2D eigenvalue weighted by Gasteiger charge is -2.15. The topological polar surface area (TPSA) is 47.3 Å². The Bertz CT molecular complexity index is 594. The average molecular weight is 284 g/mol. The zero-order chi connectivity index (χ0) is 15.2. The Kier molecular flexibility index (Phi) is 5.09. The van der Waals surface area contributed by atoms with Crippen LogP contribution in [0.3, 0.4) is 0 Å². The molecule has 3 N–H and O–H groups in total. The predicted molar refractivity (Wildman–Crippen MR) is 90.3 cm³/mol. The molecule has 0 radical (unpaired) electrons. The Morgan fingerprint density at radius 1 is 1.14 bits per heavy atom. The first kappa shape index (κ1) is 15.2. The smallest absolute Gasteiger partial charge is 0.123 e. The van der Waals surface area contributed by atoms with Gasteiger partial charge in [0.1, 0.15) is 5.75 Å². The highest BCUT2D eigenvalue weighted by Crippen LogP contribution is 2.28. The van der Waals surface area contributed by atoms with E-state index in [0.717, 1.165) is 30.0 Å². The molecular formula is C18H24N2O. The first-order valence-electron chi connectivity index (χ1n) is 7.50. The van der Waals surface area contributed by atoms with Gasteiger partial charge in [0.2, 0.25) is 0 Å². The SMILES string of the molecule is CCCc1ccccc1Nc1cc(N)cc(OC(C)C)c1. The first-order valence-corrected chi connectivity index (χ1v) is 7.50. The molecule has 2 rings (SSSR count). The van der Waals surface area contributed by atoms with Gasteiger partial charge in [-0.3, -0.25) is 0 Å². The number of nitrogens with one attached hydrogen (secondary N) is 1. The van der Waals surface area contributed by atoms with Crippen LogP contribution in [0.25, 0.3) is 0 Å². The van der Waals surface area contributed by atoms with Gasteiger partial charge in [0.15, 0.2) is 0 Å². The van der Waals surface area contributed by atoms with E-state index < -0.39 is 0 Å². The lowest BCUT2D eigenvalue weighted by Crippen LogP contribution is -2.06. The van der Waals surface area contributed by atoms with Gasteiger partial charge in [0.25, 0.3) is 0 Å². The van der Waals surface area contributed by atoms with Crippen molar-refractivity contribution >= 4 is 17.1 Å². The molecule has 0 atom stereocenters. The summed E-state index contributed by atoms with van der Waals surface area (Å²) in [6.45, 7) is 6.20. The third-order valence-electron chi connectivity index (χ3n) is 3.12. The summed E-state index contributed by atoms with van der Waals surface area (Å²) in [5, 5.41) is 3.45. The molecule has 0 heterocycles. The lowest BCUT2D eigenvalue weighted by atomic mass is 10.1. The molecule has 21 heavy (non-hydrogen) atoms. The van der Waals surface area contributed by atoms with E-state index in [1.165, 1.54) is 5.56 Å². The molecular weight excluding hydrogens is 260 g/mol. The fraction of sp³-hybridized carbons (Fsp3) is 0.333. The van der Waals surface area contributed by atoms with Crippen LogP contribution in [-0.2, 0) is 6.42 Å². The summed E-state index contributed by atoms with van der Waals surface area (Å²) in [4.78, 5) is 0. The number of ether oxygens (including phenoxy) is 1. The molecule has 3 nitrogen and oxygen atoms in total. The van der Waals surface area contributed by atoms with E-state index in [1.807, 2.05) is 38.1 Å². The van der Waals surface area contributed by atoms with Crippen molar-refractivity contribution in [2.75, 3.05) is 11.1 Å². The highest BCUT2D eigenvalue weighted by atomic mass is 16.5. The minimum atomic E-state index is 0.132. The number of rotatable bonds is 6. The van der Waals surface area contributed by atoms with Gasteiger partial charge in [-0.05, 0) is 38.0 Å². The molecule has 0 saturated heterocycles. The maximum atomic E-state index is 5.97. The Hall–Kier alpha value is -2.16. The Morgan fingerprint density at radius 2 is 1.90 bits per heavy atom. The average Bonchev–Trinajstić information content (AvgIpc) is 2.40. The molecule has 0 aliphatic heterocycles. The molecule has 0 fully saturated rings. The largest absolute Gasteiger partial charge is 0.491 e. The van der Waals surface area contributed by atoms with Crippen molar-refractivity contribution in [1.82, 2.24) is 0 Å². The van der Waals surface area contributed by atoms with E-state index in [-0.39, 0.29) is 6.10 Å². The monoisotopic (exact) mass is 284 g/mol. The number of benzene rings is 2. The van der Waals surface area contributed by atoms with Crippen LogP contribution in [0.2, 0.25) is 0 Å². The molecule has 2 aromatic carbocycles. The van der Waals surface area contributed by atoms with E-state index in [2.05, 4.69) is 30.4 Å². The Morgan fingerprint density at radius 3 is 2.62 bits per heavy atom. The number of hydrogen-bond donors (Lipinski definition) is 2. The number of anilines is 3. The first-order chi connectivity index (χ1) is 10.1. The number of aryl methyl sites for hydroxylation is 1. The van der Waals surface area contributed by atoms with Crippen molar-refractivity contribution in [3.05, 3.63) is 48.0 Å². The second-order valence-corrected chi connectivity index (χ2v) is 5.49.